The molecule has 0 radical (unpaired) electrons. The molecule has 1 saturated heterocycles. The molecule has 5 nitrogen and oxygen atoms in total. The van der Waals surface area contributed by atoms with Gasteiger partial charge in [0.1, 0.15) is 12.4 Å². The van der Waals surface area contributed by atoms with E-state index in [1.54, 1.807) is 48.5 Å². The van der Waals surface area contributed by atoms with Gasteiger partial charge in [-0.15, -0.1) is 0 Å². The summed E-state index contributed by atoms with van der Waals surface area (Å²) in [5.41, 5.74) is 1.93. The number of imide groups is 1. The maximum Gasteiger partial charge on any atom is 0.298 e. The SMILES string of the molecule is COc1cc(/C=C2\SC(=O)N(c3ccccc3)C2=O)cc(I)c1OCc1cccc(F)c1. The van der Waals surface area contributed by atoms with Crippen molar-refractivity contribution in [3.05, 3.63) is 92.1 Å². The molecule has 8 heteroatoms. The zero-order valence-electron chi connectivity index (χ0n) is 16.9. The van der Waals surface area contributed by atoms with Crippen molar-refractivity contribution in [3.63, 3.8) is 0 Å². The minimum atomic E-state index is -0.369. The van der Waals surface area contributed by atoms with Gasteiger partial charge in [0.2, 0.25) is 0 Å². The second kappa shape index (κ2) is 9.74. The summed E-state index contributed by atoms with van der Waals surface area (Å²) in [6.07, 6.45) is 1.66. The zero-order chi connectivity index (χ0) is 22.7. The predicted molar refractivity (Wildman–Crippen MR) is 131 cm³/mol. The second-order valence-electron chi connectivity index (χ2n) is 6.81. The van der Waals surface area contributed by atoms with Crippen molar-refractivity contribution in [2.45, 2.75) is 6.61 Å². The minimum absolute atomic E-state index is 0.180. The van der Waals surface area contributed by atoms with Gasteiger partial charge in [0.15, 0.2) is 11.5 Å². The highest BCUT2D eigenvalue weighted by Crippen LogP contribution is 2.38. The normalized spacial score (nSPS) is 14.8. The fraction of sp³-hybridized carbons (Fsp3) is 0.0833. The van der Waals surface area contributed by atoms with Gasteiger partial charge in [-0.1, -0.05) is 30.3 Å². The number of carbonyl (C=O) groups excluding carboxylic acids is 2. The standard InChI is InChI=1S/C24H17FINO4S/c1-30-20-12-16(11-19(26)22(20)31-14-15-6-5-7-17(25)10-15)13-21-23(28)27(24(29)32-21)18-8-3-2-4-9-18/h2-13H,14H2,1H3/b21-13-. The summed E-state index contributed by atoms with van der Waals surface area (Å²) in [6, 6.07) is 18.6. The van der Waals surface area contributed by atoms with E-state index in [1.807, 2.05) is 12.1 Å². The summed E-state index contributed by atoms with van der Waals surface area (Å²) in [5, 5.41) is -0.343. The number of benzene rings is 3. The van der Waals surface area contributed by atoms with Crippen LogP contribution in [0.2, 0.25) is 0 Å². The summed E-state index contributed by atoms with van der Waals surface area (Å²) >= 11 is 3.01. The molecule has 0 unspecified atom stereocenters. The molecule has 3 aromatic carbocycles. The lowest BCUT2D eigenvalue weighted by Gasteiger charge is -2.14. The van der Waals surface area contributed by atoms with Gasteiger partial charge in [0.05, 0.1) is 21.3 Å². The van der Waals surface area contributed by atoms with Crippen molar-refractivity contribution in [2.24, 2.45) is 0 Å². The number of methoxy groups -OCH3 is 1. The average Bonchev–Trinajstić information content (AvgIpc) is 3.06. The highest BCUT2D eigenvalue weighted by molar-refractivity contribution is 14.1. The highest BCUT2D eigenvalue weighted by Gasteiger charge is 2.36. The molecule has 1 heterocycles. The maximum atomic E-state index is 13.4. The van der Waals surface area contributed by atoms with Crippen molar-refractivity contribution < 1.29 is 23.5 Å². The first-order chi connectivity index (χ1) is 15.5. The quantitative estimate of drug-likeness (QED) is 0.263. The van der Waals surface area contributed by atoms with E-state index in [0.29, 0.717) is 33.2 Å². The van der Waals surface area contributed by atoms with E-state index in [2.05, 4.69) is 22.6 Å². The van der Waals surface area contributed by atoms with Crippen LogP contribution in [0, 0.1) is 9.39 Å². The Morgan fingerprint density at radius 3 is 2.56 bits per heavy atom. The van der Waals surface area contributed by atoms with Crippen LogP contribution in [-0.2, 0) is 11.4 Å². The van der Waals surface area contributed by atoms with Crippen LogP contribution in [0.5, 0.6) is 11.5 Å². The largest absolute Gasteiger partial charge is 0.493 e. The van der Waals surface area contributed by atoms with Crippen LogP contribution in [0.1, 0.15) is 11.1 Å². The zero-order valence-corrected chi connectivity index (χ0v) is 19.9. The van der Waals surface area contributed by atoms with Gasteiger partial charge in [0, 0.05) is 0 Å². The molecule has 0 atom stereocenters. The molecule has 32 heavy (non-hydrogen) atoms. The third kappa shape index (κ3) is 4.81. The topological polar surface area (TPSA) is 55.8 Å². The fourth-order valence-electron chi connectivity index (χ4n) is 3.16. The molecule has 1 aliphatic heterocycles. The second-order valence-corrected chi connectivity index (χ2v) is 8.96. The molecule has 1 aliphatic rings. The number of carbonyl (C=O) groups is 2. The van der Waals surface area contributed by atoms with Crippen LogP contribution in [0.25, 0.3) is 6.08 Å². The Kier molecular flexibility index (Phi) is 6.80. The molecule has 4 rings (SSSR count). The molecule has 0 N–H and O–H groups in total. The van der Waals surface area contributed by atoms with Crippen LogP contribution < -0.4 is 14.4 Å². The number of thioether (sulfide) groups is 1. The van der Waals surface area contributed by atoms with E-state index in [0.717, 1.165) is 20.2 Å². The van der Waals surface area contributed by atoms with Crippen LogP contribution in [0.3, 0.4) is 0 Å². The van der Waals surface area contributed by atoms with Crippen LogP contribution in [0.15, 0.2) is 71.6 Å². The summed E-state index contributed by atoms with van der Waals surface area (Å²) < 4.78 is 25.5. The highest BCUT2D eigenvalue weighted by atomic mass is 127. The number of halogens is 2. The van der Waals surface area contributed by atoms with Crippen molar-refractivity contribution in [2.75, 3.05) is 12.0 Å². The number of rotatable bonds is 6. The molecule has 0 aromatic heterocycles. The van der Waals surface area contributed by atoms with Crippen molar-refractivity contribution in [1.29, 1.82) is 0 Å². The van der Waals surface area contributed by atoms with Crippen molar-refractivity contribution in [3.8, 4) is 11.5 Å². The Morgan fingerprint density at radius 1 is 1.06 bits per heavy atom. The summed E-state index contributed by atoms with van der Waals surface area (Å²) in [4.78, 5) is 26.8. The Labute approximate surface area is 202 Å². The molecule has 162 valence electrons. The summed E-state index contributed by atoms with van der Waals surface area (Å²) in [5.74, 6) is 0.299. The number of anilines is 1. The summed E-state index contributed by atoms with van der Waals surface area (Å²) in [7, 11) is 1.52. The van der Waals surface area contributed by atoms with E-state index >= 15 is 0 Å². The maximum absolute atomic E-state index is 13.4. The first-order valence-electron chi connectivity index (χ1n) is 9.54. The number of ether oxygens (including phenoxy) is 2. The Morgan fingerprint density at radius 2 is 1.84 bits per heavy atom. The summed E-state index contributed by atoms with van der Waals surface area (Å²) in [6.45, 7) is 0.180. The van der Waals surface area contributed by atoms with E-state index in [1.165, 1.54) is 19.2 Å². The third-order valence-electron chi connectivity index (χ3n) is 4.63. The first-order valence-corrected chi connectivity index (χ1v) is 11.4. The van der Waals surface area contributed by atoms with E-state index < -0.39 is 0 Å². The van der Waals surface area contributed by atoms with Gasteiger partial charge in [-0.05, 0) is 88.0 Å². The number of hydrogen-bond donors (Lipinski definition) is 0. The molecule has 2 amide bonds. The van der Waals surface area contributed by atoms with Gasteiger partial charge in [-0.25, -0.2) is 9.29 Å². The first kappa shape index (κ1) is 22.3. The molecule has 3 aromatic rings. The lowest BCUT2D eigenvalue weighted by molar-refractivity contribution is -0.113. The molecule has 0 bridgehead atoms. The van der Waals surface area contributed by atoms with Crippen LogP contribution in [0.4, 0.5) is 14.9 Å². The Bertz CT molecular complexity index is 1220. The molecule has 1 fully saturated rings. The average molecular weight is 561 g/mol. The smallest absolute Gasteiger partial charge is 0.298 e. The third-order valence-corrected chi connectivity index (χ3v) is 6.30. The van der Waals surface area contributed by atoms with Gasteiger partial charge in [-0.3, -0.25) is 9.59 Å². The number of amides is 2. The van der Waals surface area contributed by atoms with E-state index in [9.17, 15) is 14.0 Å². The molecule has 0 saturated carbocycles. The van der Waals surface area contributed by atoms with Gasteiger partial charge in [-0.2, -0.15) is 0 Å². The van der Waals surface area contributed by atoms with Gasteiger partial charge in [0.25, 0.3) is 11.1 Å². The van der Waals surface area contributed by atoms with Gasteiger partial charge < -0.3 is 9.47 Å². The number of hydrogen-bond acceptors (Lipinski definition) is 5. The Hall–Kier alpha value is -2.85. The lowest BCUT2D eigenvalue weighted by Crippen LogP contribution is -2.27. The number of para-hydroxylation sites is 1. The minimum Gasteiger partial charge on any atom is -0.493 e. The number of nitrogens with zero attached hydrogens (tertiary/aromatic N) is 1. The van der Waals surface area contributed by atoms with Crippen molar-refractivity contribution in [1.82, 2.24) is 0 Å². The van der Waals surface area contributed by atoms with Crippen LogP contribution >= 0.6 is 34.4 Å². The predicted octanol–water partition coefficient (Wildman–Crippen LogP) is 6.26. The molecule has 0 spiro atoms. The monoisotopic (exact) mass is 561 g/mol. The van der Waals surface area contributed by atoms with Crippen molar-refractivity contribution >= 4 is 57.3 Å². The van der Waals surface area contributed by atoms with E-state index in [-0.39, 0.29) is 23.6 Å². The van der Waals surface area contributed by atoms with E-state index in [4.69, 9.17) is 9.47 Å². The molecule has 0 aliphatic carbocycles. The molecular weight excluding hydrogens is 544 g/mol. The van der Waals surface area contributed by atoms with Gasteiger partial charge >= 0.3 is 0 Å². The lowest BCUT2D eigenvalue weighted by atomic mass is 10.1. The van der Waals surface area contributed by atoms with Crippen LogP contribution in [-0.4, -0.2) is 18.3 Å². The molecular formula is C24H17FINO4S. The fourth-order valence-corrected chi connectivity index (χ4v) is 4.79. The Balaban J connectivity index is 1.58.